The zero-order valence-corrected chi connectivity index (χ0v) is 14.2. The molecule has 1 atom stereocenters. The zero-order chi connectivity index (χ0) is 15.2. The van der Waals surface area contributed by atoms with Crippen LogP contribution in [0, 0.1) is 17.2 Å². The van der Waals surface area contributed by atoms with Gasteiger partial charge in [-0.15, -0.1) is 0 Å². The van der Waals surface area contributed by atoms with Crippen LogP contribution in [-0.2, 0) is 11.2 Å². The Labute approximate surface area is 140 Å². The highest BCUT2D eigenvalue weighted by Crippen LogP contribution is 2.31. The lowest BCUT2D eigenvalue weighted by Crippen LogP contribution is -2.23. The molecule has 5 heteroatoms. The SMILES string of the molecule is N#CC(Cc1ccccc1)C(=O)Nc1c(Br)cccc1Br. The number of nitriles is 1. The van der Waals surface area contributed by atoms with Crippen molar-refractivity contribution >= 4 is 43.5 Å². The van der Waals surface area contributed by atoms with Gasteiger partial charge in [0.1, 0.15) is 5.92 Å². The van der Waals surface area contributed by atoms with Crippen molar-refractivity contribution in [2.45, 2.75) is 6.42 Å². The average Bonchev–Trinajstić information content (AvgIpc) is 2.49. The summed E-state index contributed by atoms with van der Waals surface area (Å²) in [6.07, 6.45) is 0.394. The Bertz CT molecular complexity index is 660. The van der Waals surface area contributed by atoms with Gasteiger partial charge in [0, 0.05) is 8.95 Å². The molecule has 2 rings (SSSR count). The van der Waals surface area contributed by atoms with Gasteiger partial charge in [-0.25, -0.2) is 0 Å². The molecule has 0 saturated heterocycles. The molecule has 1 N–H and O–H groups in total. The maximum Gasteiger partial charge on any atom is 0.242 e. The third-order valence-corrected chi connectivity index (χ3v) is 4.29. The van der Waals surface area contributed by atoms with Crippen molar-refractivity contribution in [2.75, 3.05) is 5.32 Å². The number of hydrogen-bond donors (Lipinski definition) is 1. The number of nitrogens with one attached hydrogen (secondary N) is 1. The number of anilines is 1. The van der Waals surface area contributed by atoms with Gasteiger partial charge in [-0.2, -0.15) is 5.26 Å². The topological polar surface area (TPSA) is 52.9 Å². The molecule has 0 aliphatic heterocycles. The summed E-state index contributed by atoms with van der Waals surface area (Å²) < 4.78 is 1.53. The third-order valence-electron chi connectivity index (χ3n) is 2.97. The van der Waals surface area contributed by atoms with Crippen molar-refractivity contribution in [3.63, 3.8) is 0 Å². The van der Waals surface area contributed by atoms with Gasteiger partial charge >= 0.3 is 0 Å². The van der Waals surface area contributed by atoms with Crippen LogP contribution in [0.15, 0.2) is 57.5 Å². The number of amides is 1. The summed E-state index contributed by atoms with van der Waals surface area (Å²) in [7, 11) is 0. The van der Waals surface area contributed by atoms with Gasteiger partial charge in [0.2, 0.25) is 5.91 Å². The molecule has 0 fully saturated rings. The van der Waals surface area contributed by atoms with E-state index in [0.29, 0.717) is 12.1 Å². The summed E-state index contributed by atoms with van der Waals surface area (Å²) in [5.41, 5.74) is 1.60. The van der Waals surface area contributed by atoms with Crippen LogP contribution in [0.2, 0.25) is 0 Å². The number of benzene rings is 2. The largest absolute Gasteiger partial charge is 0.323 e. The van der Waals surface area contributed by atoms with Crippen molar-refractivity contribution in [2.24, 2.45) is 5.92 Å². The van der Waals surface area contributed by atoms with Crippen LogP contribution in [0.4, 0.5) is 5.69 Å². The minimum absolute atomic E-state index is 0.311. The molecule has 0 aliphatic carbocycles. The molecule has 2 aromatic carbocycles. The average molecular weight is 408 g/mol. The Hall–Kier alpha value is -1.64. The molecule has 3 nitrogen and oxygen atoms in total. The molecule has 0 aliphatic rings. The molecule has 106 valence electrons. The molecule has 0 aromatic heterocycles. The number of halogens is 2. The van der Waals surface area contributed by atoms with E-state index < -0.39 is 5.92 Å². The van der Waals surface area contributed by atoms with Gasteiger partial charge < -0.3 is 5.32 Å². The highest BCUT2D eigenvalue weighted by atomic mass is 79.9. The Morgan fingerprint density at radius 3 is 2.29 bits per heavy atom. The fraction of sp³-hybridized carbons (Fsp3) is 0.125. The number of rotatable bonds is 4. The van der Waals surface area contributed by atoms with Crippen molar-refractivity contribution < 1.29 is 4.79 Å². The van der Waals surface area contributed by atoms with Gasteiger partial charge in [0.05, 0.1) is 11.8 Å². The molecule has 2 aromatic rings. The Balaban J connectivity index is 2.13. The quantitative estimate of drug-likeness (QED) is 0.809. The summed E-state index contributed by atoms with van der Waals surface area (Å²) >= 11 is 6.77. The second-order valence-corrected chi connectivity index (χ2v) is 6.17. The normalized spacial score (nSPS) is 11.5. The second kappa shape index (κ2) is 7.39. The van der Waals surface area contributed by atoms with Gasteiger partial charge in [-0.3, -0.25) is 4.79 Å². The molecule has 0 heterocycles. The number of nitrogens with zero attached hydrogens (tertiary/aromatic N) is 1. The van der Waals surface area contributed by atoms with Crippen LogP contribution >= 0.6 is 31.9 Å². The van der Waals surface area contributed by atoms with Crippen LogP contribution < -0.4 is 5.32 Å². The fourth-order valence-corrected chi connectivity index (χ4v) is 3.07. The van der Waals surface area contributed by atoms with Crippen molar-refractivity contribution in [1.29, 1.82) is 5.26 Å². The summed E-state index contributed by atoms with van der Waals surface area (Å²) in [6.45, 7) is 0. The Morgan fingerprint density at radius 1 is 1.10 bits per heavy atom. The van der Waals surface area contributed by atoms with Gasteiger partial charge in [-0.1, -0.05) is 36.4 Å². The smallest absolute Gasteiger partial charge is 0.242 e. The molecule has 0 bridgehead atoms. The summed E-state index contributed by atoms with van der Waals surface area (Å²) in [4.78, 5) is 12.3. The van der Waals surface area contributed by atoms with Crippen LogP contribution in [0.25, 0.3) is 0 Å². The minimum Gasteiger partial charge on any atom is -0.323 e. The van der Waals surface area contributed by atoms with Gasteiger partial charge in [0.25, 0.3) is 0 Å². The lowest BCUT2D eigenvalue weighted by molar-refractivity contribution is -0.118. The molecule has 1 amide bonds. The maximum absolute atomic E-state index is 12.3. The van der Waals surface area contributed by atoms with Crippen molar-refractivity contribution in [3.05, 3.63) is 63.0 Å². The number of para-hydroxylation sites is 1. The number of carbonyl (C=O) groups is 1. The van der Waals surface area contributed by atoms with E-state index in [0.717, 1.165) is 14.5 Å². The van der Waals surface area contributed by atoms with E-state index in [-0.39, 0.29) is 5.91 Å². The standard InChI is InChI=1S/C16H12Br2N2O/c17-13-7-4-8-14(18)15(13)20-16(21)12(10-19)9-11-5-2-1-3-6-11/h1-8,12H,9H2,(H,20,21). The van der Waals surface area contributed by atoms with Gasteiger partial charge in [-0.05, 0) is 56.0 Å². The lowest BCUT2D eigenvalue weighted by Gasteiger charge is -2.13. The first-order valence-corrected chi connectivity index (χ1v) is 7.89. The van der Waals surface area contributed by atoms with Crippen LogP contribution in [0.5, 0.6) is 0 Å². The number of carbonyl (C=O) groups excluding carboxylic acids is 1. The molecular weight excluding hydrogens is 396 g/mol. The zero-order valence-electron chi connectivity index (χ0n) is 11.0. The van der Waals surface area contributed by atoms with Crippen molar-refractivity contribution in [3.8, 4) is 6.07 Å². The van der Waals surface area contributed by atoms with Crippen molar-refractivity contribution in [1.82, 2.24) is 0 Å². The third kappa shape index (κ3) is 4.16. The first-order valence-electron chi connectivity index (χ1n) is 6.30. The molecule has 0 radical (unpaired) electrons. The molecule has 0 spiro atoms. The van der Waals surface area contributed by atoms with E-state index in [9.17, 15) is 10.1 Å². The van der Waals surface area contributed by atoms with Crippen LogP contribution in [-0.4, -0.2) is 5.91 Å². The van der Waals surface area contributed by atoms with E-state index in [2.05, 4.69) is 43.2 Å². The van der Waals surface area contributed by atoms with E-state index in [1.165, 1.54) is 0 Å². The second-order valence-electron chi connectivity index (χ2n) is 4.46. The summed E-state index contributed by atoms with van der Waals surface area (Å²) in [5.74, 6) is -1.04. The summed E-state index contributed by atoms with van der Waals surface area (Å²) in [5, 5.41) is 12.0. The molecule has 1 unspecified atom stereocenters. The molecule has 21 heavy (non-hydrogen) atoms. The predicted octanol–water partition coefficient (Wildman–Crippen LogP) is 4.53. The summed E-state index contributed by atoms with van der Waals surface area (Å²) in [6, 6.07) is 17.1. The highest BCUT2D eigenvalue weighted by Gasteiger charge is 2.20. The minimum atomic E-state index is -0.730. The highest BCUT2D eigenvalue weighted by molar-refractivity contribution is 9.11. The molecular formula is C16H12Br2N2O. The number of hydrogen-bond acceptors (Lipinski definition) is 2. The van der Waals surface area contributed by atoms with Crippen LogP contribution in [0.3, 0.4) is 0 Å². The van der Waals surface area contributed by atoms with E-state index in [1.807, 2.05) is 48.5 Å². The van der Waals surface area contributed by atoms with E-state index >= 15 is 0 Å². The predicted molar refractivity (Wildman–Crippen MR) is 89.7 cm³/mol. The fourth-order valence-electron chi connectivity index (χ4n) is 1.87. The van der Waals surface area contributed by atoms with E-state index in [4.69, 9.17) is 0 Å². The monoisotopic (exact) mass is 406 g/mol. The Morgan fingerprint density at radius 2 is 1.71 bits per heavy atom. The maximum atomic E-state index is 12.3. The molecule has 0 saturated carbocycles. The lowest BCUT2D eigenvalue weighted by atomic mass is 10.00. The van der Waals surface area contributed by atoms with Crippen LogP contribution in [0.1, 0.15) is 5.56 Å². The van der Waals surface area contributed by atoms with Gasteiger partial charge in [0.15, 0.2) is 0 Å². The first-order chi connectivity index (χ1) is 10.1. The Kier molecular flexibility index (Phi) is 5.54. The first kappa shape index (κ1) is 15.7. The van der Waals surface area contributed by atoms with E-state index in [1.54, 1.807) is 0 Å².